The zero-order valence-electron chi connectivity index (χ0n) is 53.8. The standard InChI is InChI=1S/C68H93N6O15PS/c1-38(2)46(33-54(77)50(30-40-15-19-44(75)20-16-40)72-57(79)12-10-9-11-29-73-59(81)34-51(63(73)86)71-52(37-91)64(87)90)62(85)69-39(3)53(76)31-42(32-60(82)83)61(84)70-43-17-13-41(14-18-43)36-89-65(88)74-56-24-21-45-47-22-23-49(55(78)35-66(4,5)6)67(47,7)27-25-48(45)68(56,8)28-26-58(74)80/h13-20,26,28,38-39,42,45-52,56,71,75,91H,9-12,21-25,27,29-37,90H2,1-8H3,(H,69,85)(H,70,84)(H,72,79)(H,82,83)/t39-,42-,45-,46-,47-,48-,49+,50-,51?,52-,56+,67-,68+/m0/s1. The number of Topliss-reactive ketones (excluding diaryl/α,β-unsaturated/α-hetero) is 3. The SMILES string of the molecule is CC(C)[C@H](CC(=O)[C@H](Cc1ccc(O)cc1)NC(=O)CCCCCN1C(=O)CC(N[C@@H](CS)C(=O)P)C1=O)C(=O)N[C@@H](C)C(=O)C[C@@H](CC(=O)O)C(=O)Nc1ccc(COC(=O)N2C(=O)C=C[C@]3(C)[C@H]4CC[C@]5(C)[C@@H](C(=O)CC(C)(C)C)CC[C@H]5[C@@H]4CC[C@@H]23)cc1. The summed E-state index contributed by atoms with van der Waals surface area (Å²) in [5.74, 6) is -6.85. The number of aromatic hydroxyl groups is 1. The number of nitrogens with zero attached hydrogens (tertiary/aromatic N) is 2. The Morgan fingerprint density at radius 3 is 2.11 bits per heavy atom. The van der Waals surface area contributed by atoms with Gasteiger partial charge in [0.05, 0.1) is 49.0 Å². The number of nitrogens with one attached hydrogen (secondary N) is 4. The van der Waals surface area contributed by atoms with Gasteiger partial charge in [0.15, 0.2) is 17.1 Å². The molecule has 0 bridgehead atoms. The monoisotopic (exact) mass is 1300 g/mol. The zero-order valence-corrected chi connectivity index (χ0v) is 55.8. The highest BCUT2D eigenvalue weighted by atomic mass is 32.1. The molecule has 496 valence electrons. The molecule has 7 rings (SSSR count). The Morgan fingerprint density at radius 1 is 0.791 bits per heavy atom. The highest BCUT2D eigenvalue weighted by Crippen LogP contribution is 2.66. The van der Waals surface area contributed by atoms with E-state index in [-0.39, 0.29) is 90.1 Å². The van der Waals surface area contributed by atoms with Crippen LogP contribution in [0.15, 0.2) is 60.7 Å². The normalized spacial score (nSPS) is 25.3. The summed E-state index contributed by atoms with van der Waals surface area (Å²) in [5.41, 5.74) is 0.509. The quantitative estimate of drug-likeness (QED) is 0.0168. The molecule has 2 heterocycles. The number of rotatable bonds is 30. The molecule has 21 nitrogen and oxygen atoms in total. The molecule has 0 aromatic heterocycles. The number of likely N-dealkylation sites (tertiary alicyclic amines) is 1. The number of phenols is 1. The van der Waals surface area contributed by atoms with E-state index in [9.17, 15) is 67.7 Å². The van der Waals surface area contributed by atoms with Crippen LogP contribution in [0.3, 0.4) is 0 Å². The molecule has 14 atom stereocenters. The fourth-order valence-electron chi connectivity index (χ4n) is 14.9. The molecule has 7 amide bonds. The summed E-state index contributed by atoms with van der Waals surface area (Å²) >= 11 is 4.14. The molecule has 4 fully saturated rings. The smallest absolute Gasteiger partial charge is 0.417 e. The van der Waals surface area contributed by atoms with Crippen LogP contribution in [0.25, 0.3) is 0 Å². The Kier molecular flexibility index (Phi) is 24.3. The van der Waals surface area contributed by atoms with Crippen molar-refractivity contribution in [3.8, 4) is 5.75 Å². The second kappa shape index (κ2) is 30.9. The highest BCUT2D eigenvalue weighted by Gasteiger charge is 2.62. The number of phenolic OH excluding ortho intramolecular Hbond substituents is 1. The summed E-state index contributed by atoms with van der Waals surface area (Å²) in [6.45, 7) is 15.6. The minimum atomic E-state index is -1.36. The van der Waals surface area contributed by atoms with Gasteiger partial charge in [-0.25, -0.2) is 9.69 Å². The number of hydrogen-bond acceptors (Lipinski definition) is 16. The Labute approximate surface area is 541 Å². The number of carboxylic acid groups (broad SMARTS) is 1. The first-order chi connectivity index (χ1) is 42.8. The minimum Gasteiger partial charge on any atom is -0.508 e. The van der Waals surface area contributed by atoms with Gasteiger partial charge in [-0.2, -0.15) is 12.6 Å². The van der Waals surface area contributed by atoms with Crippen LogP contribution in [0.1, 0.15) is 163 Å². The predicted molar refractivity (Wildman–Crippen MR) is 346 cm³/mol. The lowest BCUT2D eigenvalue weighted by Gasteiger charge is -2.60. The number of carbonyl (C=O) groups is 12. The maximum Gasteiger partial charge on any atom is 0.417 e. The second-order valence-corrected chi connectivity index (χ2v) is 28.9. The molecule has 3 aliphatic carbocycles. The molecule has 3 saturated carbocycles. The van der Waals surface area contributed by atoms with Gasteiger partial charge in [-0.3, -0.25) is 63.0 Å². The number of amides is 7. The average molecular weight is 1300 g/mol. The van der Waals surface area contributed by atoms with Gasteiger partial charge in [0.25, 0.3) is 5.91 Å². The summed E-state index contributed by atoms with van der Waals surface area (Å²) in [4.78, 5) is 162. The number of ether oxygens (including phenoxy) is 1. The third-order valence-electron chi connectivity index (χ3n) is 19.9. The number of carbonyl (C=O) groups excluding carboxylic acids is 11. The number of fused-ring (bicyclic) bond motifs is 5. The molecule has 0 spiro atoms. The van der Waals surface area contributed by atoms with Gasteiger partial charge >= 0.3 is 12.1 Å². The van der Waals surface area contributed by atoms with Crippen LogP contribution in [-0.2, 0) is 70.5 Å². The lowest BCUT2D eigenvalue weighted by molar-refractivity contribution is -0.142. The molecular formula is C68H93N6O15PS. The van der Waals surface area contributed by atoms with E-state index in [4.69, 9.17) is 4.74 Å². The molecule has 6 N–H and O–H groups in total. The lowest BCUT2D eigenvalue weighted by atomic mass is 9.47. The molecule has 23 heteroatoms. The van der Waals surface area contributed by atoms with E-state index >= 15 is 0 Å². The van der Waals surface area contributed by atoms with Gasteiger partial charge in [-0.05, 0) is 135 Å². The largest absolute Gasteiger partial charge is 0.508 e. The van der Waals surface area contributed by atoms with Crippen LogP contribution < -0.4 is 21.3 Å². The number of hydrogen-bond donors (Lipinski definition) is 7. The van der Waals surface area contributed by atoms with E-state index in [1.54, 1.807) is 38.1 Å². The molecule has 1 saturated heterocycles. The number of benzene rings is 2. The lowest BCUT2D eigenvalue weighted by Crippen LogP contribution is -2.62. The fourth-order valence-corrected chi connectivity index (χ4v) is 15.6. The molecule has 5 aliphatic rings. The number of aliphatic carboxylic acids is 1. The van der Waals surface area contributed by atoms with Gasteiger partial charge in [0.2, 0.25) is 29.5 Å². The summed E-state index contributed by atoms with van der Waals surface area (Å²) < 4.78 is 5.79. The molecule has 2 unspecified atom stereocenters. The summed E-state index contributed by atoms with van der Waals surface area (Å²) in [7, 11) is 2.04. The number of imide groups is 2. The maximum atomic E-state index is 14.2. The first kappa shape index (κ1) is 71.8. The Balaban J connectivity index is 0.889. The van der Waals surface area contributed by atoms with E-state index in [1.807, 2.05) is 15.3 Å². The van der Waals surface area contributed by atoms with Crippen LogP contribution in [0, 0.1) is 57.7 Å². The van der Waals surface area contributed by atoms with Crippen molar-refractivity contribution in [2.75, 3.05) is 17.6 Å². The first-order valence-electron chi connectivity index (χ1n) is 32.1. The van der Waals surface area contributed by atoms with E-state index in [1.165, 1.54) is 42.2 Å². The second-order valence-electron chi connectivity index (χ2n) is 28.0. The van der Waals surface area contributed by atoms with E-state index in [2.05, 4.69) is 68.5 Å². The molecule has 2 aromatic rings. The van der Waals surface area contributed by atoms with Crippen LogP contribution in [0.2, 0.25) is 0 Å². The summed E-state index contributed by atoms with van der Waals surface area (Å²) in [6.07, 6.45) is 8.02. The number of unbranched alkanes of at least 4 members (excludes halogenated alkanes) is 2. The van der Waals surface area contributed by atoms with Crippen molar-refractivity contribution in [3.05, 3.63) is 71.8 Å². The summed E-state index contributed by atoms with van der Waals surface area (Å²) in [6, 6.07) is 8.10. The van der Waals surface area contributed by atoms with Crippen molar-refractivity contribution in [1.82, 2.24) is 25.8 Å². The van der Waals surface area contributed by atoms with Crippen molar-refractivity contribution in [2.45, 2.75) is 195 Å². The maximum absolute atomic E-state index is 14.2. The Morgan fingerprint density at radius 2 is 1.47 bits per heavy atom. The van der Waals surface area contributed by atoms with Gasteiger partial charge in [0.1, 0.15) is 18.1 Å². The van der Waals surface area contributed by atoms with Crippen LogP contribution in [0.4, 0.5) is 10.5 Å². The number of anilines is 1. The third kappa shape index (κ3) is 17.9. The first-order valence-corrected chi connectivity index (χ1v) is 33.3. The van der Waals surface area contributed by atoms with Crippen LogP contribution in [-0.4, -0.2) is 133 Å². The van der Waals surface area contributed by atoms with Crippen molar-refractivity contribution < 1.29 is 72.5 Å². The highest BCUT2D eigenvalue weighted by molar-refractivity contribution is 7.80. The Bertz CT molecular complexity index is 3110. The third-order valence-corrected chi connectivity index (χ3v) is 20.7. The Hall–Kier alpha value is -6.64. The number of carboxylic acids is 1. The van der Waals surface area contributed by atoms with Crippen LogP contribution in [0.5, 0.6) is 5.75 Å². The predicted octanol–water partition coefficient (Wildman–Crippen LogP) is 8.09. The summed E-state index contributed by atoms with van der Waals surface area (Å²) in [5, 5.41) is 30.7. The van der Waals surface area contributed by atoms with E-state index in [0.717, 1.165) is 37.0 Å². The van der Waals surface area contributed by atoms with Crippen LogP contribution >= 0.6 is 21.9 Å². The van der Waals surface area contributed by atoms with Gasteiger partial charge in [-0.15, -0.1) is 0 Å². The minimum absolute atomic E-state index is 0.00106. The molecule has 2 aromatic carbocycles. The molecular weight excluding hydrogens is 1200 g/mol. The van der Waals surface area contributed by atoms with E-state index < -0.39 is 119 Å². The van der Waals surface area contributed by atoms with Crippen molar-refractivity contribution >= 4 is 97.9 Å². The zero-order chi connectivity index (χ0) is 66.9. The van der Waals surface area contributed by atoms with Crippen molar-refractivity contribution in [1.29, 1.82) is 0 Å². The topological polar surface area (TPSA) is 309 Å². The van der Waals surface area contributed by atoms with Gasteiger partial charge in [-0.1, -0.05) is 94.5 Å². The van der Waals surface area contributed by atoms with Crippen molar-refractivity contribution in [3.63, 3.8) is 0 Å². The fraction of sp³-hybridized carbons (Fsp3) is 0.618. The van der Waals surface area contributed by atoms with Crippen molar-refractivity contribution in [2.24, 2.45) is 57.7 Å². The van der Waals surface area contributed by atoms with Gasteiger partial charge < -0.3 is 30.9 Å². The molecule has 91 heavy (non-hydrogen) atoms. The number of ketones is 3. The van der Waals surface area contributed by atoms with Gasteiger partial charge in [0, 0.05) is 67.0 Å². The molecule has 0 radical (unpaired) electrons. The molecule has 2 aliphatic heterocycles. The number of thiol groups is 1. The van der Waals surface area contributed by atoms with E-state index in [0.29, 0.717) is 60.9 Å². The average Bonchev–Trinajstić information content (AvgIpc) is 1.70.